The Morgan fingerprint density at radius 2 is 1.68 bits per heavy atom. The number of anilines is 1. The second-order valence-corrected chi connectivity index (χ2v) is 5.03. The van der Waals surface area contributed by atoms with E-state index in [2.05, 4.69) is 28.5 Å². The van der Waals surface area contributed by atoms with Crippen molar-refractivity contribution in [3.05, 3.63) is 78.8 Å². The Morgan fingerprint density at radius 1 is 0.864 bits per heavy atom. The molecule has 1 heterocycles. The third-order valence-electron chi connectivity index (χ3n) is 3.55. The summed E-state index contributed by atoms with van der Waals surface area (Å²) in [4.78, 5) is 4.58. The van der Waals surface area contributed by atoms with E-state index >= 15 is 0 Å². The van der Waals surface area contributed by atoms with Gasteiger partial charge < -0.3 is 9.73 Å². The lowest BCUT2D eigenvalue weighted by molar-refractivity contribution is 0.589. The fourth-order valence-corrected chi connectivity index (χ4v) is 2.49. The van der Waals surface area contributed by atoms with Gasteiger partial charge in [0.15, 0.2) is 5.58 Å². The van der Waals surface area contributed by atoms with Gasteiger partial charge in [0.25, 0.3) is 0 Å². The minimum atomic E-state index is 0.592. The number of para-hydroxylation sites is 1. The maximum absolute atomic E-state index is 5.78. The molecule has 3 heteroatoms. The SMILES string of the molecule is C(=Cc1nc2c(ccc3ccccc32)o1)Nc1ccccc1. The number of hydrogen-bond donors (Lipinski definition) is 1. The molecule has 1 aromatic heterocycles. The van der Waals surface area contributed by atoms with Crippen molar-refractivity contribution >= 4 is 33.6 Å². The fraction of sp³-hybridized carbons (Fsp3) is 0. The van der Waals surface area contributed by atoms with Crippen molar-refractivity contribution in [2.75, 3.05) is 5.32 Å². The third-order valence-corrected chi connectivity index (χ3v) is 3.55. The van der Waals surface area contributed by atoms with Crippen LogP contribution in [0, 0.1) is 0 Å². The smallest absolute Gasteiger partial charge is 0.221 e. The first-order chi connectivity index (χ1) is 10.9. The first-order valence-electron chi connectivity index (χ1n) is 7.16. The van der Waals surface area contributed by atoms with Gasteiger partial charge in [-0.05, 0) is 23.6 Å². The van der Waals surface area contributed by atoms with Gasteiger partial charge in [-0.1, -0.05) is 48.5 Å². The summed E-state index contributed by atoms with van der Waals surface area (Å²) in [6.07, 6.45) is 3.67. The minimum absolute atomic E-state index is 0.592. The van der Waals surface area contributed by atoms with Crippen molar-refractivity contribution in [1.82, 2.24) is 4.98 Å². The molecule has 4 rings (SSSR count). The van der Waals surface area contributed by atoms with Crippen molar-refractivity contribution in [3.63, 3.8) is 0 Å². The van der Waals surface area contributed by atoms with Gasteiger partial charge in [0.2, 0.25) is 5.89 Å². The molecule has 0 aliphatic heterocycles. The van der Waals surface area contributed by atoms with Crippen molar-refractivity contribution < 1.29 is 4.42 Å². The maximum atomic E-state index is 5.78. The molecule has 0 bridgehead atoms. The van der Waals surface area contributed by atoms with Gasteiger partial charge >= 0.3 is 0 Å². The van der Waals surface area contributed by atoms with Crippen LogP contribution in [0.3, 0.4) is 0 Å². The van der Waals surface area contributed by atoms with Crippen LogP contribution < -0.4 is 5.32 Å². The van der Waals surface area contributed by atoms with Gasteiger partial charge in [-0.25, -0.2) is 4.98 Å². The van der Waals surface area contributed by atoms with Crippen LogP contribution in [-0.2, 0) is 0 Å². The number of oxazole rings is 1. The molecule has 4 aromatic rings. The van der Waals surface area contributed by atoms with Gasteiger partial charge in [0.1, 0.15) is 5.52 Å². The average Bonchev–Trinajstić information content (AvgIpc) is 2.99. The molecule has 0 aliphatic rings. The highest BCUT2D eigenvalue weighted by molar-refractivity contribution is 6.03. The highest BCUT2D eigenvalue weighted by atomic mass is 16.3. The molecule has 106 valence electrons. The lowest BCUT2D eigenvalue weighted by Gasteiger charge is -1.97. The van der Waals surface area contributed by atoms with Crippen LogP contribution in [0.1, 0.15) is 5.89 Å². The molecule has 0 radical (unpaired) electrons. The van der Waals surface area contributed by atoms with Crippen molar-refractivity contribution in [1.29, 1.82) is 0 Å². The second-order valence-electron chi connectivity index (χ2n) is 5.03. The zero-order chi connectivity index (χ0) is 14.8. The van der Waals surface area contributed by atoms with Gasteiger partial charge in [-0.15, -0.1) is 0 Å². The largest absolute Gasteiger partial charge is 0.437 e. The number of fused-ring (bicyclic) bond motifs is 3. The Balaban J connectivity index is 1.66. The summed E-state index contributed by atoms with van der Waals surface area (Å²) in [5, 5.41) is 5.47. The number of hydrogen-bond acceptors (Lipinski definition) is 3. The fourth-order valence-electron chi connectivity index (χ4n) is 2.49. The number of benzene rings is 3. The molecule has 0 saturated carbocycles. The van der Waals surface area contributed by atoms with E-state index in [4.69, 9.17) is 4.42 Å². The van der Waals surface area contributed by atoms with Crippen LogP contribution in [0.5, 0.6) is 0 Å². The van der Waals surface area contributed by atoms with Crippen LogP contribution in [-0.4, -0.2) is 4.98 Å². The minimum Gasteiger partial charge on any atom is -0.437 e. The van der Waals surface area contributed by atoms with E-state index in [9.17, 15) is 0 Å². The molecule has 22 heavy (non-hydrogen) atoms. The van der Waals surface area contributed by atoms with E-state index in [0.717, 1.165) is 22.2 Å². The van der Waals surface area contributed by atoms with Gasteiger partial charge in [-0.2, -0.15) is 0 Å². The first-order valence-corrected chi connectivity index (χ1v) is 7.16. The lowest BCUT2D eigenvalue weighted by atomic mass is 10.1. The van der Waals surface area contributed by atoms with Gasteiger partial charge in [0, 0.05) is 23.3 Å². The van der Waals surface area contributed by atoms with Crippen molar-refractivity contribution in [3.8, 4) is 0 Å². The molecule has 0 atom stereocenters. The molecular weight excluding hydrogens is 272 g/mol. The molecule has 3 nitrogen and oxygen atoms in total. The molecule has 1 N–H and O–H groups in total. The summed E-state index contributed by atoms with van der Waals surface area (Å²) in [6.45, 7) is 0. The Hall–Kier alpha value is -3.07. The molecule has 3 aromatic carbocycles. The van der Waals surface area contributed by atoms with E-state index in [-0.39, 0.29) is 0 Å². The zero-order valence-electron chi connectivity index (χ0n) is 11.9. The van der Waals surface area contributed by atoms with Crippen LogP contribution >= 0.6 is 0 Å². The third kappa shape index (κ3) is 2.33. The summed E-state index contributed by atoms with van der Waals surface area (Å²) < 4.78 is 5.78. The number of aromatic nitrogens is 1. The predicted octanol–water partition coefficient (Wildman–Crippen LogP) is 5.06. The Labute approximate surface area is 127 Å². The Kier molecular flexibility index (Phi) is 3.09. The molecule has 0 unspecified atom stereocenters. The van der Waals surface area contributed by atoms with E-state index in [1.54, 1.807) is 0 Å². The Morgan fingerprint density at radius 3 is 2.59 bits per heavy atom. The monoisotopic (exact) mass is 286 g/mol. The van der Waals surface area contributed by atoms with E-state index in [1.165, 1.54) is 5.39 Å². The summed E-state index contributed by atoms with van der Waals surface area (Å²) in [5.74, 6) is 0.592. The van der Waals surface area contributed by atoms with Crippen LogP contribution in [0.2, 0.25) is 0 Å². The number of nitrogens with one attached hydrogen (secondary N) is 1. The van der Waals surface area contributed by atoms with E-state index in [0.29, 0.717) is 5.89 Å². The quantitative estimate of drug-likeness (QED) is 0.571. The molecule has 0 saturated heterocycles. The summed E-state index contributed by atoms with van der Waals surface area (Å²) in [6, 6.07) is 22.2. The predicted molar refractivity (Wildman–Crippen MR) is 90.6 cm³/mol. The first kappa shape index (κ1) is 12.7. The van der Waals surface area contributed by atoms with Crippen molar-refractivity contribution in [2.24, 2.45) is 0 Å². The highest BCUT2D eigenvalue weighted by Gasteiger charge is 2.06. The number of nitrogens with zero attached hydrogens (tertiary/aromatic N) is 1. The zero-order valence-corrected chi connectivity index (χ0v) is 11.9. The Bertz CT molecular complexity index is 955. The van der Waals surface area contributed by atoms with E-state index < -0.39 is 0 Å². The molecule has 0 spiro atoms. The molecule has 0 fully saturated rings. The topological polar surface area (TPSA) is 38.1 Å². The van der Waals surface area contributed by atoms with Gasteiger partial charge in [-0.3, -0.25) is 0 Å². The standard InChI is InChI=1S/C19H14N2O/c1-2-7-15(8-3-1)20-13-12-18-21-19-16-9-5-4-6-14(16)10-11-17(19)22-18/h1-13,20H. The van der Waals surface area contributed by atoms with Crippen molar-refractivity contribution in [2.45, 2.75) is 0 Å². The molecular formula is C19H14N2O. The average molecular weight is 286 g/mol. The highest BCUT2D eigenvalue weighted by Crippen LogP contribution is 2.25. The lowest BCUT2D eigenvalue weighted by Crippen LogP contribution is -1.85. The normalized spacial score (nSPS) is 11.5. The van der Waals surface area contributed by atoms with Crippen LogP contribution in [0.4, 0.5) is 5.69 Å². The van der Waals surface area contributed by atoms with Crippen LogP contribution in [0.25, 0.3) is 27.9 Å². The summed E-state index contributed by atoms with van der Waals surface area (Å²) >= 11 is 0. The molecule has 0 aliphatic carbocycles. The summed E-state index contributed by atoms with van der Waals surface area (Å²) in [5.41, 5.74) is 2.73. The van der Waals surface area contributed by atoms with Gasteiger partial charge in [0.05, 0.1) is 0 Å². The summed E-state index contributed by atoms with van der Waals surface area (Å²) in [7, 11) is 0. The maximum Gasteiger partial charge on any atom is 0.221 e. The van der Waals surface area contributed by atoms with E-state index in [1.807, 2.05) is 60.8 Å². The van der Waals surface area contributed by atoms with Crippen LogP contribution in [0.15, 0.2) is 77.3 Å². The second kappa shape index (κ2) is 5.37. The number of rotatable bonds is 3. The molecule has 0 amide bonds.